The Labute approximate surface area is 128 Å². The highest BCUT2D eigenvalue weighted by molar-refractivity contribution is 5.24. The molecule has 112 valence electrons. The van der Waals surface area contributed by atoms with E-state index >= 15 is 0 Å². The summed E-state index contributed by atoms with van der Waals surface area (Å²) < 4.78 is 0. The standard InChI is InChI=1S/C18H25N3/c1-14-8-10-16(11-9-14)18(19-3)13-21(4)12-17-7-5-6-15(2)20-17/h5-11,18-19H,12-13H2,1-4H3. The van der Waals surface area contributed by atoms with Gasteiger partial charge in [0.1, 0.15) is 0 Å². The number of benzene rings is 1. The monoisotopic (exact) mass is 283 g/mol. The van der Waals surface area contributed by atoms with Crippen molar-refractivity contribution in [2.75, 3.05) is 20.6 Å². The summed E-state index contributed by atoms with van der Waals surface area (Å²) in [6.07, 6.45) is 0. The number of nitrogens with zero attached hydrogens (tertiary/aromatic N) is 2. The zero-order valence-corrected chi connectivity index (χ0v) is 13.4. The van der Waals surface area contributed by atoms with Crippen LogP contribution in [0.5, 0.6) is 0 Å². The van der Waals surface area contributed by atoms with E-state index in [1.54, 1.807) is 0 Å². The minimum atomic E-state index is 0.334. The highest BCUT2D eigenvalue weighted by Gasteiger charge is 2.12. The maximum Gasteiger partial charge on any atom is 0.0547 e. The lowest BCUT2D eigenvalue weighted by molar-refractivity contribution is 0.286. The van der Waals surface area contributed by atoms with E-state index in [9.17, 15) is 0 Å². The maximum absolute atomic E-state index is 4.57. The normalized spacial score (nSPS) is 12.6. The van der Waals surface area contributed by atoms with E-state index in [0.717, 1.165) is 24.5 Å². The van der Waals surface area contributed by atoms with Gasteiger partial charge in [-0.1, -0.05) is 35.9 Å². The Morgan fingerprint density at radius 3 is 2.43 bits per heavy atom. The fraction of sp³-hybridized carbons (Fsp3) is 0.389. The fourth-order valence-electron chi connectivity index (χ4n) is 2.50. The van der Waals surface area contributed by atoms with Gasteiger partial charge in [-0.25, -0.2) is 0 Å². The molecule has 0 saturated heterocycles. The molecule has 1 N–H and O–H groups in total. The average molecular weight is 283 g/mol. The van der Waals surface area contributed by atoms with Gasteiger partial charge < -0.3 is 5.32 Å². The number of pyridine rings is 1. The molecule has 1 unspecified atom stereocenters. The van der Waals surface area contributed by atoms with E-state index < -0.39 is 0 Å². The maximum atomic E-state index is 4.57. The van der Waals surface area contributed by atoms with Crippen LogP contribution in [0, 0.1) is 13.8 Å². The molecule has 1 aromatic carbocycles. The lowest BCUT2D eigenvalue weighted by atomic mass is 10.0. The predicted octanol–water partition coefficient (Wildman–Crippen LogP) is 3.09. The predicted molar refractivity (Wildman–Crippen MR) is 88.3 cm³/mol. The Bertz CT molecular complexity index is 563. The first-order valence-electron chi connectivity index (χ1n) is 7.43. The molecule has 3 nitrogen and oxygen atoms in total. The second-order valence-electron chi connectivity index (χ2n) is 5.72. The summed E-state index contributed by atoms with van der Waals surface area (Å²) in [5.74, 6) is 0. The van der Waals surface area contributed by atoms with Crippen molar-refractivity contribution in [3.05, 3.63) is 65.0 Å². The molecule has 0 aliphatic carbocycles. The van der Waals surface area contributed by atoms with Crippen LogP contribution in [-0.4, -0.2) is 30.5 Å². The topological polar surface area (TPSA) is 28.2 Å². The minimum Gasteiger partial charge on any atom is -0.312 e. The molecular formula is C18H25N3. The first kappa shape index (κ1) is 15.7. The zero-order chi connectivity index (χ0) is 15.2. The van der Waals surface area contributed by atoms with Gasteiger partial charge in [0, 0.05) is 24.8 Å². The van der Waals surface area contributed by atoms with Crippen LogP contribution >= 0.6 is 0 Å². The molecule has 21 heavy (non-hydrogen) atoms. The van der Waals surface area contributed by atoms with Gasteiger partial charge in [-0.05, 0) is 45.6 Å². The molecule has 3 heteroatoms. The number of nitrogens with one attached hydrogen (secondary N) is 1. The summed E-state index contributed by atoms with van der Waals surface area (Å²) >= 11 is 0. The molecule has 0 saturated carbocycles. The molecular weight excluding hydrogens is 258 g/mol. The van der Waals surface area contributed by atoms with Gasteiger partial charge in [0.2, 0.25) is 0 Å². The molecule has 0 spiro atoms. The summed E-state index contributed by atoms with van der Waals surface area (Å²) in [7, 11) is 4.16. The van der Waals surface area contributed by atoms with E-state index in [-0.39, 0.29) is 0 Å². The van der Waals surface area contributed by atoms with Crippen molar-refractivity contribution < 1.29 is 0 Å². The average Bonchev–Trinajstić information content (AvgIpc) is 2.46. The minimum absolute atomic E-state index is 0.334. The second-order valence-corrected chi connectivity index (χ2v) is 5.72. The van der Waals surface area contributed by atoms with Crippen LogP contribution in [0.1, 0.15) is 28.6 Å². The largest absolute Gasteiger partial charge is 0.312 e. The number of aryl methyl sites for hydroxylation is 2. The Kier molecular flexibility index (Phi) is 5.48. The molecule has 0 fully saturated rings. The van der Waals surface area contributed by atoms with Crippen LogP contribution < -0.4 is 5.32 Å². The van der Waals surface area contributed by atoms with Crippen molar-refractivity contribution in [2.24, 2.45) is 0 Å². The first-order valence-corrected chi connectivity index (χ1v) is 7.43. The Balaban J connectivity index is 1.99. The zero-order valence-electron chi connectivity index (χ0n) is 13.4. The molecule has 1 heterocycles. The molecule has 0 radical (unpaired) electrons. The highest BCUT2D eigenvalue weighted by atomic mass is 15.1. The first-order chi connectivity index (χ1) is 10.1. The van der Waals surface area contributed by atoms with Gasteiger partial charge in [-0.3, -0.25) is 9.88 Å². The van der Waals surface area contributed by atoms with Crippen LogP contribution in [-0.2, 0) is 6.54 Å². The molecule has 0 aliphatic rings. The molecule has 0 amide bonds. The van der Waals surface area contributed by atoms with E-state index in [4.69, 9.17) is 0 Å². The molecule has 2 rings (SSSR count). The summed E-state index contributed by atoms with van der Waals surface area (Å²) in [6.45, 7) is 5.97. The molecule has 1 aromatic heterocycles. The lowest BCUT2D eigenvalue weighted by Crippen LogP contribution is -2.31. The third kappa shape index (κ3) is 4.66. The van der Waals surface area contributed by atoms with Crippen LogP contribution in [0.25, 0.3) is 0 Å². The van der Waals surface area contributed by atoms with Gasteiger partial charge >= 0.3 is 0 Å². The van der Waals surface area contributed by atoms with Crippen LogP contribution in [0.15, 0.2) is 42.5 Å². The van der Waals surface area contributed by atoms with E-state index in [2.05, 4.69) is 65.6 Å². The summed E-state index contributed by atoms with van der Waals surface area (Å²) in [5, 5.41) is 3.40. The van der Waals surface area contributed by atoms with Crippen molar-refractivity contribution in [3.63, 3.8) is 0 Å². The second kappa shape index (κ2) is 7.34. The molecule has 0 bridgehead atoms. The highest BCUT2D eigenvalue weighted by Crippen LogP contribution is 2.15. The van der Waals surface area contributed by atoms with Crippen LogP contribution in [0.3, 0.4) is 0 Å². The van der Waals surface area contributed by atoms with E-state index in [1.165, 1.54) is 11.1 Å². The van der Waals surface area contributed by atoms with E-state index in [0.29, 0.717) is 6.04 Å². The van der Waals surface area contributed by atoms with Gasteiger partial charge in [0.05, 0.1) is 5.69 Å². The van der Waals surface area contributed by atoms with Crippen molar-refractivity contribution in [2.45, 2.75) is 26.4 Å². The quantitative estimate of drug-likeness (QED) is 0.883. The summed E-state index contributed by atoms with van der Waals surface area (Å²) in [6, 6.07) is 15.3. The van der Waals surface area contributed by atoms with Gasteiger partial charge in [0.25, 0.3) is 0 Å². The number of likely N-dealkylation sites (N-methyl/N-ethyl adjacent to an activating group) is 2. The van der Waals surface area contributed by atoms with Crippen LogP contribution in [0.2, 0.25) is 0 Å². The number of hydrogen-bond acceptors (Lipinski definition) is 3. The SMILES string of the molecule is CNC(CN(C)Cc1cccc(C)n1)c1ccc(C)cc1. The number of hydrogen-bond donors (Lipinski definition) is 1. The Morgan fingerprint density at radius 1 is 1.10 bits per heavy atom. The molecule has 0 aliphatic heterocycles. The number of aromatic nitrogens is 1. The summed E-state index contributed by atoms with van der Waals surface area (Å²) in [4.78, 5) is 6.88. The third-order valence-corrected chi connectivity index (χ3v) is 3.70. The van der Waals surface area contributed by atoms with Gasteiger partial charge in [-0.2, -0.15) is 0 Å². The summed E-state index contributed by atoms with van der Waals surface area (Å²) in [5.41, 5.74) is 4.82. The smallest absolute Gasteiger partial charge is 0.0547 e. The number of rotatable bonds is 6. The fourth-order valence-corrected chi connectivity index (χ4v) is 2.50. The van der Waals surface area contributed by atoms with Crippen molar-refractivity contribution >= 4 is 0 Å². The van der Waals surface area contributed by atoms with Crippen molar-refractivity contribution in [1.82, 2.24) is 15.2 Å². The van der Waals surface area contributed by atoms with Crippen LogP contribution in [0.4, 0.5) is 0 Å². The Hall–Kier alpha value is -1.71. The molecule has 1 atom stereocenters. The van der Waals surface area contributed by atoms with Gasteiger partial charge in [-0.15, -0.1) is 0 Å². The van der Waals surface area contributed by atoms with Crippen molar-refractivity contribution in [1.29, 1.82) is 0 Å². The molecule has 2 aromatic rings. The van der Waals surface area contributed by atoms with E-state index in [1.807, 2.05) is 20.0 Å². The third-order valence-electron chi connectivity index (χ3n) is 3.70. The lowest BCUT2D eigenvalue weighted by Gasteiger charge is -2.24. The van der Waals surface area contributed by atoms with Crippen molar-refractivity contribution in [3.8, 4) is 0 Å². The Morgan fingerprint density at radius 2 is 1.81 bits per heavy atom. The van der Waals surface area contributed by atoms with Gasteiger partial charge in [0.15, 0.2) is 0 Å².